The highest BCUT2D eigenvalue weighted by Crippen LogP contribution is 2.47. The quantitative estimate of drug-likeness (QED) is 0.291. The predicted octanol–water partition coefficient (Wildman–Crippen LogP) is 5.15. The molecular weight excluding hydrogens is 510 g/mol. The zero-order valence-electron chi connectivity index (χ0n) is 19.2. The molecule has 0 fully saturated rings. The Hall–Kier alpha value is -4.01. The Morgan fingerprint density at radius 2 is 1.74 bits per heavy atom. The van der Waals surface area contributed by atoms with E-state index in [1.807, 2.05) is 36.4 Å². The lowest BCUT2D eigenvalue weighted by Crippen LogP contribution is -2.47. The highest BCUT2D eigenvalue weighted by atomic mass is 79.9. The summed E-state index contributed by atoms with van der Waals surface area (Å²) in [5.41, 5.74) is 0.103. The Morgan fingerprint density at radius 1 is 1.06 bits per heavy atom. The van der Waals surface area contributed by atoms with E-state index >= 15 is 0 Å². The van der Waals surface area contributed by atoms with Crippen molar-refractivity contribution in [3.05, 3.63) is 88.2 Å². The van der Waals surface area contributed by atoms with Gasteiger partial charge in [0.1, 0.15) is 6.07 Å². The number of aromatic nitrogens is 1. The minimum absolute atomic E-state index is 0.0152. The second-order valence-corrected chi connectivity index (χ2v) is 8.52. The van der Waals surface area contributed by atoms with E-state index in [4.69, 9.17) is 9.47 Å². The third-order valence-electron chi connectivity index (χ3n) is 5.69. The number of carbonyl (C=O) groups is 2. The van der Waals surface area contributed by atoms with E-state index in [-0.39, 0.29) is 17.9 Å². The number of pyridine rings is 1. The fourth-order valence-electron chi connectivity index (χ4n) is 4.14. The van der Waals surface area contributed by atoms with Crippen LogP contribution >= 0.6 is 15.9 Å². The van der Waals surface area contributed by atoms with Gasteiger partial charge in [-0.2, -0.15) is 10.5 Å². The minimum Gasteiger partial charge on any atom is -0.468 e. The van der Waals surface area contributed by atoms with Crippen LogP contribution in [0.2, 0.25) is 0 Å². The van der Waals surface area contributed by atoms with Crippen LogP contribution in [0.1, 0.15) is 36.1 Å². The van der Waals surface area contributed by atoms with Crippen molar-refractivity contribution < 1.29 is 19.1 Å². The van der Waals surface area contributed by atoms with E-state index in [9.17, 15) is 20.1 Å². The Labute approximate surface area is 212 Å². The molecule has 3 rings (SSSR count). The zero-order valence-corrected chi connectivity index (χ0v) is 20.8. The molecule has 0 radical (unpaired) electrons. The van der Waals surface area contributed by atoms with Crippen LogP contribution in [0, 0.1) is 28.1 Å². The average molecular weight is 532 g/mol. The number of nitrogens with zero attached hydrogens (tertiary/aromatic N) is 3. The Morgan fingerprint density at radius 3 is 2.31 bits per heavy atom. The molecule has 0 saturated carbocycles. The summed E-state index contributed by atoms with van der Waals surface area (Å²) < 4.78 is 11.1. The largest absolute Gasteiger partial charge is 0.468 e. The number of nitriles is 2. The molecule has 3 aromatic rings. The molecule has 0 aliphatic carbocycles. The molecule has 176 valence electrons. The van der Waals surface area contributed by atoms with Crippen LogP contribution in [0.4, 0.5) is 0 Å². The normalized spacial score (nSPS) is 12.9. The van der Waals surface area contributed by atoms with Gasteiger partial charge >= 0.3 is 11.9 Å². The van der Waals surface area contributed by atoms with Crippen LogP contribution in [-0.4, -0.2) is 30.6 Å². The van der Waals surface area contributed by atoms with Crippen LogP contribution in [0.15, 0.2) is 71.3 Å². The maximum absolute atomic E-state index is 13.5. The van der Waals surface area contributed by atoms with E-state index in [1.54, 1.807) is 37.3 Å². The van der Waals surface area contributed by atoms with Gasteiger partial charge in [-0.15, -0.1) is 0 Å². The maximum Gasteiger partial charge on any atom is 0.325 e. The van der Waals surface area contributed by atoms with Gasteiger partial charge in [0.2, 0.25) is 0 Å². The molecule has 2 unspecified atom stereocenters. The number of hydrogen-bond donors (Lipinski definition) is 0. The number of esters is 2. The van der Waals surface area contributed by atoms with Crippen molar-refractivity contribution in [2.24, 2.45) is 5.41 Å². The van der Waals surface area contributed by atoms with Crippen molar-refractivity contribution in [2.75, 3.05) is 13.7 Å². The molecule has 0 saturated heterocycles. The molecule has 2 atom stereocenters. The lowest BCUT2D eigenvalue weighted by atomic mass is 9.67. The average Bonchev–Trinajstić information content (AvgIpc) is 2.89. The highest BCUT2D eigenvalue weighted by Gasteiger charge is 2.57. The minimum atomic E-state index is -2.10. The molecular formula is C27H22BrN3O4. The lowest BCUT2D eigenvalue weighted by Gasteiger charge is -2.35. The molecule has 0 aliphatic heterocycles. The topological polar surface area (TPSA) is 113 Å². The Kier molecular flexibility index (Phi) is 8.35. The first-order valence-corrected chi connectivity index (χ1v) is 11.6. The van der Waals surface area contributed by atoms with Gasteiger partial charge in [0.15, 0.2) is 5.41 Å². The summed E-state index contributed by atoms with van der Waals surface area (Å²) in [7, 11) is 1.14. The summed E-state index contributed by atoms with van der Waals surface area (Å²) in [5, 5.41) is 20.0. The van der Waals surface area contributed by atoms with Crippen LogP contribution in [-0.2, 0) is 19.1 Å². The monoisotopic (exact) mass is 531 g/mol. The molecule has 2 aromatic carbocycles. The van der Waals surface area contributed by atoms with Gasteiger partial charge in [0.25, 0.3) is 0 Å². The van der Waals surface area contributed by atoms with Crippen molar-refractivity contribution >= 4 is 27.9 Å². The van der Waals surface area contributed by atoms with Crippen molar-refractivity contribution in [3.8, 4) is 23.3 Å². The smallest absolute Gasteiger partial charge is 0.325 e. The third kappa shape index (κ3) is 4.94. The second kappa shape index (κ2) is 11.4. The predicted molar refractivity (Wildman–Crippen MR) is 132 cm³/mol. The molecule has 0 amide bonds. The molecule has 1 aromatic heterocycles. The summed E-state index contributed by atoms with van der Waals surface area (Å²) in [6.45, 7) is 1.59. The molecule has 7 nitrogen and oxygen atoms in total. The first-order valence-electron chi connectivity index (χ1n) is 10.8. The number of halogens is 1. The molecule has 0 bridgehead atoms. The molecule has 0 N–H and O–H groups in total. The first kappa shape index (κ1) is 25.6. The van der Waals surface area contributed by atoms with Gasteiger partial charge in [-0.05, 0) is 36.2 Å². The van der Waals surface area contributed by atoms with E-state index < -0.39 is 29.7 Å². The van der Waals surface area contributed by atoms with Crippen molar-refractivity contribution in [1.82, 2.24) is 4.98 Å². The molecule has 35 heavy (non-hydrogen) atoms. The summed E-state index contributed by atoms with van der Waals surface area (Å²) >= 11 is 3.40. The van der Waals surface area contributed by atoms with E-state index in [2.05, 4.69) is 27.0 Å². The molecule has 1 heterocycles. The number of carbonyl (C=O) groups excluding carboxylic acids is 2. The highest BCUT2D eigenvalue weighted by molar-refractivity contribution is 9.10. The van der Waals surface area contributed by atoms with Gasteiger partial charge < -0.3 is 9.47 Å². The molecule has 0 aliphatic rings. The number of ether oxygens (including phenoxy) is 2. The maximum atomic E-state index is 13.5. The fraction of sp³-hybridized carbons (Fsp3) is 0.222. The van der Waals surface area contributed by atoms with Crippen LogP contribution in [0.3, 0.4) is 0 Å². The SMILES string of the molecule is CCOC(=O)C(CC#N)(C(=O)OC)C(c1ccc(Br)cc1)c1nccc(-c2ccccc2)c1C#N. The van der Waals surface area contributed by atoms with Gasteiger partial charge in [-0.1, -0.05) is 58.4 Å². The van der Waals surface area contributed by atoms with Gasteiger partial charge in [-0.25, -0.2) is 0 Å². The van der Waals surface area contributed by atoms with E-state index in [0.29, 0.717) is 11.1 Å². The fourth-order valence-corrected chi connectivity index (χ4v) is 4.40. The number of rotatable bonds is 8. The third-order valence-corrected chi connectivity index (χ3v) is 6.22. The number of hydrogen-bond acceptors (Lipinski definition) is 7. The summed E-state index contributed by atoms with van der Waals surface area (Å²) in [5.74, 6) is -3.00. The zero-order chi connectivity index (χ0) is 25.4. The summed E-state index contributed by atoms with van der Waals surface area (Å²) in [6.07, 6.45) is 0.977. The Bertz CT molecular complexity index is 1300. The van der Waals surface area contributed by atoms with Crippen molar-refractivity contribution in [3.63, 3.8) is 0 Å². The molecule has 0 spiro atoms. The van der Waals surface area contributed by atoms with Crippen molar-refractivity contribution in [1.29, 1.82) is 10.5 Å². The van der Waals surface area contributed by atoms with E-state index in [1.165, 1.54) is 6.20 Å². The number of methoxy groups -OCH3 is 1. The first-order chi connectivity index (χ1) is 16.9. The number of benzene rings is 2. The van der Waals surface area contributed by atoms with Gasteiger partial charge in [0.05, 0.1) is 43.4 Å². The standard InChI is InChI=1S/C27H22BrN3O4/c1-3-35-26(33)27(14-15-29,25(32)34-2)23(19-9-11-20(28)12-10-19)24-22(17-30)21(13-16-31-24)18-7-5-4-6-8-18/h4-13,16,23H,3,14H2,1-2H3. The summed E-state index contributed by atoms with van der Waals surface area (Å²) in [6, 6.07) is 22.0. The van der Waals surface area contributed by atoms with E-state index in [0.717, 1.165) is 17.1 Å². The van der Waals surface area contributed by atoms with Crippen LogP contribution in [0.5, 0.6) is 0 Å². The van der Waals surface area contributed by atoms with Crippen LogP contribution in [0.25, 0.3) is 11.1 Å². The van der Waals surface area contributed by atoms with Crippen molar-refractivity contribution in [2.45, 2.75) is 19.3 Å². The van der Waals surface area contributed by atoms with Gasteiger partial charge in [0, 0.05) is 16.2 Å². The molecule has 8 heteroatoms. The summed E-state index contributed by atoms with van der Waals surface area (Å²) in [4.78, 5) is 31.3. The lowest BCUT2D eigenvalue weighted by molar-refractivity contribution is -0.171. The second-order valence-electron chi connectivity index (χ2n) is 7.60. The van der Waals surface area contributed by atoms with Gasteiger partial charge in [-0.3, -0.25) is 14.6 Å². The van der Waals surface area contributed by atoms with Crippen LogP contribution < -0.4 is 0 Å². The Balaban J connectivity index is 2.44.